The van der Waals surface area contributed by atoms with Gasteiger partial charge in [0, 0.05) is 23.7 Å². The van der Waals surface area contributed by atoms with Crippen molar-refractivity contribution in [3.05, 3.63) is 46.6 Å². The summed E-state index contributed by atoms with van der Waals surface area (Å²) in [5, 5.41) is 5.41. The van der Waals surface area contributed by atoms with E-state index in [1.54, 1.807) is 17.7 Å². The Balaban J connectivity index is 1.47. The number of rotatable bonds is 4. The molecule has 0 radical (unpaired) electrons. The maximum absolute atomic E-state index is 5.40. The number of morpholine rings is 1. The molecule has 0 amide bonds. The number of fused-ring (bicyclic) bond motifs is 1. The van der Waals surface area contributed by atoms with Gasteiger partial charge >= 0.3 is 0 Å². The molecule has 4 rings (SSSR count). The fraction of sp³-hybridized carbons (Fsp3) is 0.316. The molecule has 7 heteroatoms. The lowest BCUT2D eigenvalue weighted by Gasteiger charge is -2.28. The predicted molar refractivity (Wildman–Crippen MR) is 108 cm³/mol. The van der Waals surface area contributed by atoms with Crippen molar-refractivity contribution in [1.82, 2.24) is 9.97 Å². The second-order valence-corrected chi connectivity index (χ2v) is 7.45. The minimum absolute atomic E-state index is 0.748. The number of ether oxygens (including phenoxy) is 1. The van der Waals surface area contributed by atoms with Crippen LogP contribution in [0.5, 0.6) is 0 Å². The highest BCUT2D eigenvalue weighted by Gasteiger charge is 2.12. The van der Waals surface area contributed by atoms with Gasteiger partial charge in [0.2, 0.25) is 0 Å². The average Bonchev–Trinajstić information content (AvgIpc) is 2.98. The average molecular weight is 367 g/mol. The standard InChI is InChI=1S/C19H21N5OS/c1-13-14(2)26-19-17(13)18(20-12-21-19)23-22-11-15-3-5-16(6-4-15)24-7-9-25-10-8-24/h3-6,11-12H,7-10H2,1-2H3,(H,20,21,23)/b22-11+. The summed E-state index contributed by atoms with van der Waals surface area (Å²) in [6, 6.07) is 8.40. The molecule has 3 heterocycles. The van der Waals surface area contributed by atoms with Gasteiger partial charge in [0.05, 0.1) is 24.8 Å². The first-order chi connectivity index (χ1) is 12.7. The third-order valence-electron chi connectivity index (χ3n) is 4.62. The molecule has 0 aliphatic carbocycles. The van der Waals surface area contributed by atoms with Gasteiger partial charge in [-0.1, -0.05) is 12.1 Å². The van der Waals surface area contributed by atoms with E-state index in [9.17, 15) is 0 Å². The summed E-state index contributed by atoms with van der Waals surface area (Å²) in [5.74, 6) is 0.748. The molecule has 26 heavy (non-hydrogen) atoms. The molecule has 1 aliphatic rings. The van der Waals surface area contributed by atoms with Crippen LogP contribution < -0.4 is 10.3 Å². The number of hydrogen-bond acceptors (Lipinski definition) is 7. The van der Waals surface area contributed by atoms with Gasteiger partial charge in [-0.25, -0.2) is 9.97 Å². The molecule has 2 aromatic heterocycles. The van der Waals surface area contributed by atoms with Crippen molar-refractivity contribution in [3.63, 3.8) is 0 Å². The van der Waals surface area contributed by atoms with E-state index in [2.05, 4.69) is 63.5 Å². The Bertz CT molecular complexity index is 929. The molecule has 0 bridgehead atoms. The minimum Gasteiger partial charge on any atom is -0.378 e. The van der Waals surface area contributed by atoms with Crippen LogP contribution in [0, 0.1) is 13.8 Å². The van der Waals surface area contributed by atoms with Gasteiger partial charge in [0.15, 0.2) is 5.82 Å². The third kappa shape index (κ3) is 3.40. The van der Waals surface area contributed by atoms with Crippen molar-refractivity contribution in [3.8, 4) is 0 Å². The summed E-state index contributed by atoms with van der Waals surface area (Å²) in [7, 11) is 0. The Hall–Kier alpha value is -2.51. The van der Waals surface area contributed by atoms with Gasteiger partial charge in [-0.2, -0.15) is 5.10 Å². The van der Waals surface area contributed by atoms with Crippen LogP contribution in [0.15, 0.2) is 35.7 Å². The SMILES string of the molecule is Cc1sc2ncnc(N/N=C/c3ccc(N4CCOCC4)cc3)c2c1C. The summed E-state index contributed by atoms with van der Waals surface area (Å²) in [6.45, 7) is 7.67. The Kier molecular flexibility index (Phi) is 4.81. The van der Waals surface area contributed by atoms with E-state index >= 15 is 0 Å². The number of nitrogens with zero attached hydrogens (tertiary/aromatic N) is 4. The first-order valence-corrected chi connectivity index (χ1v) is 9.46. The molecule has 1 saturated heterocycles. The van der Waals surface area contributed by atoms with E-state index in [4.69, 9.17) is 4.74 Å². The van der Waals surface area contributed by atoms with Gasteiger partial charge in [0.1, 0.15) is 11.2 Å². The summed E-state index contributed by atoms with van der Waals surface area (Å²) < 4.78 is 5.40. The third-order valence-corrected chi connectivity index (χ3v) is 5.73. The second-order valence-electron chi connectivity index (χ2n) is 6.25. The summed E-state index contributed by atoms with van der Waals surface area (Å²) in [6.07, 6.45) is 3.39. The van der Waals surface area contributed by atoms with Crippen LogP contribution in [0.1, 0.15) is 16.0 Å². The minimum atomic E-state index is 0.748. The molecular weight excluding hydrogens is 346 g/mol. The van der Waals surface area contributed by atoms with Gasteiger partial charge in [-0.05, 0) is 37.1 Å². The smallest absolute Gasteiger partial charge is 0.158 e. The Morgan fingerprint density at radius 3 is 2.69 bits per heavy atom. The maximum Gasteiger partial charge on any atom is 0.158 e. The first-order valence-electron chi connectivity index (χ1n) is 8.65. The van der Waals surface area contributed by atoms with E-state index in [1.165, 1.54) is 16.1 Å². The molecule has 0 atom stereocenters. The zero-order chi connectivity index (χ0) is 17.9. The summed E-state index contributed by atoms with van der Waals surface area (Å²) in [4.78, 5) is 13.3. The number of aryl methyl sites for hydroxylation is 2. The Morgan fingerprint density at radius 2 is 1.92 bits per heavy atom. The highest BCUT2D eigenvalue weighted by molar-refractivity contribution is 7.18. The van der Waals surface area contributed by atoms with Crippen LogP contribution in [-0.2, 0) is 4.74 Å². The lowest BCUT2D eigenvalue weighted by atomic mass is 10.2. The molecule has 0 unspecified atom stereocenters. The van der Waals surface area contributed by atoms with Crippen LogP contribution in [0.25, 0.3) is 10.2 Å². The molecule has 134 valence electrons. The quantitative estimate of drug-likeness (QED) is 0.564. The zero-order valence-corrected chi connectivity index (χ0v) is 15.7. The van der Waals surface area contributed by atoms with E-state index in [0.717, 1.165) is 47.9 Å². The van der Waals surface area contributed by atoms with E-state index < -0.39 is 0 Å². The number of nitrogens with one attached hydrogen (secondary N) is 1. The molecule has 0 saturated carbocycles. The summed E-state index contributed by atoms with van der Waals surface area (Å²) in [5.41, 5.74) is 6.54. The van der Waals surface area contributed by atoms with Crippen LogP contribution in [-0.4, -0.2) is 42.5 Å². The Labute approximate surface area is 156 Å². The molecule has 6 nitrogen and oxygen atoms in total. The number of anilines is 2. The monoisotopic (exact) mass is 367 g/mol. The lowest BCUT2D eigenvalue weighted by molar-refractivity contribution is 0.122. The second kappa shape index (κ2) is 7.39. The van der Waals surface area contributed by atoms with E-state index in [1.807, 2.05) is 6.21 Å². The van der Waals surface area contributed by atoms with Crippen molar-refractivity contribution in [2.45, 2.75) is 13.8 Å². The number of aromatic nitrogens is 2. The predicted octanol–water partition coefficient (Wildman–Crippen LogP) is 3.59. The molecule has 1 N–H and O–H groups in total. The zero-order valence-electron chi connectivity index (χ0n) is 14.9. The number of hydrogen-bond donors (Lipinski definition) is 1. The summed E-state index contributed by atoms with van der Waals surface area (Å²) >= 11 is 1.68. The topological polar surface area (TPSA) is 62.6 Å². The van der Waals surface area contributed by atoms with E-state index in [-0.39, 0.29) is 0 Å². The normalized spacial score (nSPS) is 15.1. The maximum atomic E-state index is 5.40. The Morgan fingerprint density at radius 1 is 1.15 bits per heavy atom. The molecule has 0 spiro atoms. The number of benzene rings is 1. The van der Waals surface area contributed by atoms with Crippen molar-refractivity contribution in [1.29, 1.82) is 0 Å². The molecular formula is C19H21N5OS. The number of thiophene rings is 1. The van der Waals surface area contributed by atoms with E-state index in [0.29, 0.717) is 0 Å². The van der Waals surface area contributed by atoms with Crippen molar-refractivity contribution in [2.24, 2.45) is 5.10 Å². The van der Waals surface area contributed by atoms with Crippen LogP contribution >= 0.6 is 11.3 Å². The van der Waals surface area contributed by atoms with Gasteiger partial charge in [0.25, 0.3) is 0 Å². The molecule has 1 aromatic carbocycles. The van der Waals surface area contributed by atoms with Crippen LogP contribution in [0.4, 0.5) is 11.5 Å². The number of hydrazone groups is 1. The largest absolute Gasteiger partial charge is 0.378 e. The first kappa shape index (κ1) is 16.9. The van der Waals surface area contributed by atoms with Gasteiger partial charge in [-0.15, -0.1) is 11.3 Å². The van der Waals surface area contributed by atoms with Crippen molar-refractivity contribution >= 4 is 39.3 Å². The van der Waals surface area contributed by atoms with Crippen LogP contribution in [0.2, 0.25) is 0 Å². The highest BCUT2D eigenvalue weighted by Crippen LogP contribution is 2.32. The van der Waals surface area contributed by atoms with Crippen molar-refractivity contribution in [2.75, 3.05) is 36.6 Å². The van der Waals surface area contributed by atoms with Crippen molar-refractivity contribution < 1.29 is 4.74 Å². The fourth-order valence-corrected chi connectivity index (χ4v) is 4.02. The lowest BCUT2D eigenvalue weighted by Crippen LogP contribution is -2.36. The molecule has 3 aromatic rings. The highest BCUT2D eigenvalue weighted by atomic mass is 32.1. The fourth-order valence-electron chi connectivity index (χ4n) is 3.03. The van der Waals surface area contributed by atoms with Gasteiger partial charge in [-0.3, -0.25) is 5.43 Å². The van der Waals surface area contributed by atoms with Gasteiger partial charge < -0.3 is 9.64 Å². The molecule has 1 aliphatic heterocycles. The van der Waals surface area contributed by atoms with Crippen LogP contribution in [0.3, 0.4) is 0 Å². The molecule has 1 fully saturated rings.